The molecule has 0 atom stereocenters. The van der Waals surface area contributed by atoms with Crippen LogP contribution in [0.1, 0.15) is 22.8 Å². The van der Waals surface area contributed by atoms with E-state index in [1.807, 2.05) is 24.3 Å². The molecule has 0 saturated heterocycles. The maximum Gasteiger partial charge on any atom is 0.338 e. The highest BCUT2D eigenvalue weighted by molar-refractivity contribution is 5.93. The van der Waals surface area contributed by atoms with Crippen molar-refractivity contribution in [2.24, 2.45) is 0 Å². The Bertz CT molecular complexity index is 1150. The van der Waals surface area contributed by atoms with Gasteiger partial charge in [-0.2, -0.15) is 0 Å². The predicted octanol–water partition coefficient (Wildman–Crippen LogP) is 4.52. The van der Waals surface area contributed by atoms with Crippen LogP contribution in [0.15, 0.2) is 66.7 Å². The molecule has 8 nitrogen and oxygen atoms in total. The Labute approximate surface area is 204 Å². The van der Waals surface area contributed by atoms with Gasteiger partial charge in [-0.3, -0.25) is 4.79 Å². The van der Waals surface area contributed by atoms with E-state index in [4.69, 9.17) is 23.7 Å². The average molecular weight is 480 g/mol. The minimum absolute atomic E-state index is 0.0961. The first-order valence-corrected chi connectivity index (χ1v) is 11.2. The molecular formula is C27H29NO7. The number of benzene rings is 3. The summed E-state index contributed by atoms with van der Waals surface area (Å²) in [5.41, 5.74) is 2.00. The standard InChI is InChI=1S/C27H29NO7/c1-4-19-8-7-9-21(16-19)33-14-15-34-27(30)20-12-13-24(25(17-20)32-3)35-18-26(29)28-22-10-5-6-11-23(22)31-2/h5-13,16-17H,4,14-15,18H2,1-3H3,(H,28,29). The van der Waals surface area contributed by atoms with Gasteiger partial charge in [0, 0.05) is 0 Å². The molecule has 0 spiro atoms. The lowest BCUT2D eigenvalue weighted by Crippen LogP contribution is -2.20. The minimum atomic E-state index is -0.519. The number of rotatable bonds is 12. The number of carbonyl (C=O) groups is 2. The highest BCUT2D eigenvalue weighted by Crippen LogP contribution is 2.29. The van der Waals surface area contributed by atoms with Crippen molar-refractivity contribution in [1.29, 1.82) is 0 Å². The zero-order valence-corrected chi connectivity index (χ0v) is 20.0. The molecule has 0 aliphatic heterocycles. The van der Waals surface area contributed by atoms with Crippen LogP contribution in [0.3, 0.4) is 0 Å². The van der Waals surface area contributed by atoms with E-state index in [-0.39, 0.29) is 25.7 Å². The quantitative estimate of drug-likeness (QED) is 0.302. The second-order valence-electron chi connectivity index (χ2n) is 7.39. The molecule has 1 N–H and O–H groups in total. The van der Waals surface area contributed by atoms with Crippen LogP contribution in [0.2, 0.25) is 0 Å². The number of hydrogen-bond donors (Lipinski definition) is 1. The molecule has 8 heteroatoms. The maximum absolute atomic E-state index is 12.4. The summed E-state index contributed by atoms with van der Waals surface area (Å²) in [5.74, 6) is 1.01. The summed E-state index contributed by atoms with van der Waals surface area (Å²) in [4.78, 5) is 24.7. The summed E-state index contributed by atoms with van der Waals surface area (Å²) < 4.78 is 27.1. The molecule has 0 heterocycles. The van der Waals surface area contributed by atoms with Gasteiger partial charge in [-0.25, -0.2) is 4.79 Å². The zero-order valence-electron chi connectivity index (χ0n) is 20.0. The third-order valence-electron chi connectivity index (χ3n) is 5.03. The lowest BCUT2D eigenvalue weighted by molar-refractivity contribution is -0.118. The van der Waals surface area contributed by atoms with Crippen LogP contribution < -0.4 is 24.3 Å². The van der Waals surface area contributed by atoms with Gasteiger partial charge in [-0.05, 0) is 54.4 Å². The van der Waals surface area contributed by atoms with Crippen LogP contribution in [0.25, 0.3) is 0 Å². The van der Waals surface area contributed by atoms with Gasteiger partial charge in [0.05, 0.1) is 25.5 Å². The van der Waals surface area contributed by atoms with Crippen LogP contribution in [0.4, 0.5) is 5.69 Å². The van der Waals surface area contributed by atoms with Gasteiger partial charge in [0.15, 0.2) is 18.1 Å². The molecule has 35 heavy (non-hydrogen) atoms. The van der Waals surface area contributed by atoms with Gasteiger partial charge in [-0.15, -0.1) is 0 Å². The van der Waals surface area contributed by atoms with E-state index in [2.05, 4.69) is 12.2 Å². The summed E-state index contributed by atoms with van der Waals surface area (Å²) >= 11 is 0. The topological polar surface area (TPSA) is 92.3 Å². The van der Waals surface area contributed by atoms with Crippen LogP contribution in [0.5, 0.6) is 23.0 Å². The Hall–Kier alpha value is -4.20. The largest absolute Gasteiger partial charge is 0.495 e. The normalized spacial score (nSPS) is 10.3. The SMILES string of the molecule is CCc1cccc(OCCOC(=O)c2ccc(OCC(=O)Nc3ccccc3OC)c(OC)c2)c1. The summed E-state index contributed by atoms with van der Waals surface area (Å²) in [6.45, 7) is 2.15. The average Bonchev–Trinajstić information content (AvgIpc) is 2.90. The Kier molecular flexibility index (Phi) is 9.36. The van der Waals surface area contributed by atoms with Crippen LogP contribution >= 0.6 is 0 Å². The van der Waals surface area contributed by atoms with Crippen molar-refractivity contribution in [1.82, 2.24) is 0 Å². The first-order chi connectivity index (χ1) is 17.0. The molecule has 184 valence electrons. The number of methoxy groups -OCH3 is 2. The molecule has 3 aromatic carbocycles. The summed E-state index contributed by atoms with van der Waals surface area (Å²) in [5, 5.41) is 2.73. The highest BCUT2D eigenvalue weighted by atomic mass is 16.6. The fraction of sp³-hybridized carbons (Fsp3) is 0.259. The van der Waals surface area contributed by atoms with Gasteiger partial charge >= 0.3 is 5.97 Å². The number of nitrogens with one attached hydrogen (secondary N) is 1. The first-order valence-electron chi connectivity index (χ1n) is 11.2. The zero-order chi connectivity index (χ0) is 25.0. The molecule has 3 rings (SSSR count). The number of amides is 1. The summed E-state index contributed by atoms with van der Waals surface area (Å²) in [6, 6.07) is 19.4. The number of hydrogen-bond acceptors (Lipinski definition) is 7. The lowest BCUT2D eigenvalue weighted by atomic mass is 10.2. The van der Waals surface area contributed by atoms with E-state index in [1.165, 1.54) is 25.8 Å². The van der Waals surface area contributed by atoms with Crippen molar-refractivity contribution in [3.63, 3.8) is 0 Å². The molecule has 0 radical (unpaired) electrons. The molecule has 0 aromatic heterocycles. The van der Waals surface area contributed by atoms with E-state index in [9.17, 15) is 9.59 Å². The maximum atomic E-state index is 12.4. The number of anilines is 1. The van der Waals surface area contributed by atoms with Gasteiger partial charge in [0.2, 0.25) is 0 Å². The molecule has 0 unspecified atom stereocenters. The van der Waals surface area contributed by atoms with Crippen molar-refractivity contribution >= 4 is 17.6 Å². The van der Waals surface area contributed by atoms with E-state index < -0.39 is 5.97 Å². The number of esters is 1. The van der Waals surface area contributed by atoms with E-state index in [0.717, 1.165) is 12.2 Å². The van der Waals surface area contributed by atoms with Crippen LogP contribution in [-0.4, -0.2) is 45.9 Å². The Morgan fingerprint density at radius 2 is 1.60 bits per heavy atom. The van der Waals surface area contributed by atoms with E-state index in [1.54, 1.807) is 36.4 Å². The number of para-hydroxylation sites is 2. The van der Waals surface area contributed by atoms with E-state index in [0.29, 0.717) is 28.5 Å². The van der Waals surface area contributed by atoms with Gasteiger partial charge in [0.25, 0.3) is 5.91 Å². The van der Waals surface area contributed by atoms with E-state index >= 15 is 0 Å². The predicted molar refractivity (Wildman–Crippen MR) is 132 cm³/mol. The Morgan fingerprint density at radius 3 is 2.37 bits per heavy atom. The molecule has 1 amide bonds. The monoisotopic (exact) mass is 479 g/mol. The number of carbonyl (C=O) groups excluding carboxylic acids is 2. The molecule has 0 fully saturated rings. The minimum Gasteiger partial charge on any atom is -0.495 e. The summed E-state index contributed by atoms with van der Waals surface area (Å²) in [6.07, 6.45) is 0.917. The second kappa shape index (κ2) is 12.9. The highest BCUT2D eigenvalue weighted by Gasteiger charge is 2.14. The fourth-order valence-corrected chi connectivity index (χ4v) is 3.22. The van der Waals surface area contributed by atoms with Crippen molar-refractivity contribution in [3.8, 4) is 23.0 Å². The molecule has 0 aliphatic carbocycles. The molecule has 3 aromatic rings. The third-order valence-corrected chi connectivity index (χ3v) is 5.03. The van der Waals surface area contributed by atoms with Crippen molar-refractivity contribution in [2.45, 2.75) is 13.3 Å². The molecule has 0 saturated carbocycles. The first kappa shape index (κ1) is 25.4. The van der Waals surface area contributed by atoms with Crippen LogP contribution in [-0.2, 0) is 16.0 Å². The Balaban J connectivity index is 1.50. The molecule has 0 bridgehead atoms. The van der Waals surface area contributed by atoms with Gasteiger partial charge in [-0.1, -0.05) is 31.2 Å². The lowest BCUT2D eigenvalue weighted by Gasteiger charge is -2.13. The third kappa shape index (κ3) is 7.40. The van der Waals surface area contributed by atoms with Crippen molar-refractivity contribution < 1.29 is 33.3 Å². The Morgan fingerprint density at radius 1 is 0.800 bits per heavy atom. The smallest absolute Gasteiger partial charge is 0.338 e. The number of aryl methyl sites for hydroxylation is 1. The molecule has 0 aliphatic rings. The van der Waals surface area contributed by atoms with Crippen LogP contribution in [0, 0.1) is 0 Å². The van der Waals surface area contributed by atoms with Gasteiger partial charge < -0.3 is 29.0 Å². The van der Waals surface area contributed by atoms with Crippen molar-refractivity contribution in [2.75, 3.05) is 39.4 Å². The van der Waals surface area contributed by atoms with Gasteiger partial charge in [0.1, 0.15) is 24.7 Å². The van der Waals surface area contributed by atoms with Crippen molar-refractivity contribution in [3.05, 3.63) is 77.9 Å². The molecular weight excluding hydrogens is 450 g/mol. The summed E-state index contributed by atoms with van der Waals surface area (Å²) in [7, 11) is 2.97. The fourth-order valence-electron chi connectivity index (χ4n) is 3.22. The second-order valence-corrected chi connectivity index (χ2v) is 7.39. The number of ether oxygens (including phenoxy) is 5.